The van der Waals surface area contributed by atoms with Gasteiger partial charge in [0.05, 0.1) is 11.1 Å². The average Bonchev–Trinajstić information content (AvgIpc) is 2.04. The molecular formula is C8H5FO3. The van der Waals surface area contributed by atoms with Crippen molar-refractivity contribution in [3.8, 4) is 0 Å². The first kappa shape index (κ1) is 8.39. The molecule has 0 heterocycles. The summed E-state index contributed by atoms with van der Waals surface area (Å²) in [5.74, 6) is -1.10. The number of benzene rings is 1. The number of carboxylic acids is 1. The van der Waals surface area contributed by atoms with Crippen LogP contribution in [0.1, 0.15) is 20.7 Å². The molecule has 62 valence electrons. The number of carboxylic acid groups (broad SMARTS) is 1. The lowest BCUT2D eigenvalue weighted by molar-refractivity contribution is 0.0695. The second-order valence-corrected chi connectivity index (χ2v) is 2.16. The molecule has 0 unspecified atom stereocenters. The molecule has 4 heteroatoms. The predicted molar refractivity (Wildman–Crippen MR) is 38.8 cm³/mol. The summed E-state index contributed by atoms with van der Waals surface area (Å²) in [6.07, 6.45) is 0. The molecule has 0 aliphatic carbocycles. The Labute approximate surface area is 67.4 Å². The van der Waals surface area contributed by atoms with Gasteiger partial charge in [0.25, 0.3) is 0 Å². The summed E-state index contributed by atoms with van der Waals surface area (Å²) in [6, 6.07) is 3.05. The van der Waals surface area contributed by atoms with E-state index in [1.807, 2.05) is 0 Å². The zero-order chi connectivity index (χ0) is 9.14. The molecular weight excluding hydrogens is 163 g/mol. The lowest BCUT2D eigenvalue weighted by atomic mass is 10.1. The maximum Gasteiger partial charge on any atom is 0.335 e. The number of carbonyl (C=O) groups excluding carboxylic acids is 1. The highest BCUT2D eigenvalue weighted by atomic mass is 19.1. The Hall–Kier alpha value is -1.71. The van der Waals surface area contributed by atoms with Crippen molar-refractivity contribution in [1.82, 2.24) is 0 Å². The van der Waals surface area contributed by atoms with Gasteiger partial charge in [0.15, 0.2) is 0 Å². The van der Waals surface area contributed by atoms with E-state index >= 15 is 0 Å². The summed E-state index contributed by atoms with van der Waals surface area (Å²) in [7, 11) is 0. The molecule has 0 fully saturated rings. The maximum atomic E-state index is 12.0. The van der Waals surface area contributed by atoms with Gasteiger partial charge in [-0.3, -0.25) is 4.79 Å². The second-order valence-electron chi connectivity index (χ2n) is 2.16. The fraction of sp³-hybridized carbons (Fsp3) is 0. The quantitative estimate of drug-likeness (QED) is 0.680. The molecule has 0 bridgehead atoms. The highest BCUT2D eigenvalue weighted by molar-refractivity contribution is 5.91. The van der Waals surface area contributed by atoms with Crippen LogP contribution in [-0.2, 0) is 0 Å². The van der Waals surface area contributed by atoms with E-state index < -0.39 is 12.0 Å². The van der Waals surface area contributed by atoms with Crippen molar-refractivity contribution in [2.75, 3.05) is 0 Å². The smallest absolute Gasteiger partial charge is 0.335 e. The summed E-state index contributed by atoms with van der Waals surface area (Å²) in [4.78, 5) is 20.4. The highest BCUT2D eigenvalue weighted by Crippen LogP contribution is 2.05. The molecule has 0 atom stereocenters. The first-order valence-electron chi connectivity index (χ1n) is 3.14. The van der Waals surface area contributed by atoms with Gasteiger partial charge < -0.3 is 5.11 Å². The molecule has 0 aliphatic rings. The van der Waals surface area contributed by atoms with Gasteiger partial charge in [0, 0.05) is 0 Å². The van der Waals surface area contributed by atoms with Crippen LogP contribution in [-0.4, -0.2) is 17.1 Å². The third-order valence-electron chi connectivity index (χ3n) is 1.36. The zero-order valence-electron chi connectivity index (χ0n) is 5.95. The van der Waals surface area contributed by atoms with E-state index in [2.05, 4.69) is 0 Å². The molecule has 0 spiro atoms. The standard InChI is InChI=1S/C8H5FO3/c9-7(10)5-1-3-6(4-2-5)8(11)12/h1-4H,(H,11,12). The molecule has 1 N–H and O–H groups in total. The van der Waals surface area contributed by atoms with Crippen molar-refractivity contribution in [3.63, 3.8) is 0 Å². The number of aromatic carboxylic acids is 1. The van der Waals surface area contributed by atoms with Crippen molar-refractivity contribution >= 4 is 12.0 Å². The average molecular weight is 168 g/mol. The summed E-state index contributed by atoms with van der Waals surface area (Å²) in [5.41, 5.74) is -0.111. The molecule has 12 heavy (non-hydrogen) atoms. The van der Waals surface area contributed by atoms with Gasteiger partial charge >= 0.3 is 12.0 Å². The Morgan fingerprint density at radius 3 is 1.83 bits per heavy atom. The normalized spacial score (nSPS) is 9.42. The molecule has 0 radical (unpaired) electrons. The Balaban J connectivity index is 3.01. The van der Waals surface area contributed by atoms with Gasteiger partial charge in [0.1, 0.15) is 0 Å². The minimum absolute atomic E-state index is 0.0278. The number of hydrogen-bond acceptors (Lipinski definition) is 2. The van der Waals surface area contributed by atoms with Crippen LogP contribution < -0.4 is 0 Å². The topological polar surface area (TPSA) is 54.4 Å². The van der Waals surface area contributed by atoms with Crippen LogP contribution in [0.5, 0.6) is 0 Å². The minimum Gasteiger partial charge on any atom is -0.478 e. The third-order valence-corrected chi connectivity index (χ3v) is 1.36. The van der Waals surface area contributed by atoms with Crippen molar-refractivity contribution in [1.29, 1.82) is 0 Å². The summed E-state index contributed by atoms with van der Waals surface area (Å²) < 4.78 is 12.0. The van der Waals surface area contributed by atoms with Crippen LogP contribution >= 0.6 is 0 Å². The van der Waals surface area contributed by atoms with Gasteiger partial charge in [0.2, 0.25) is 0 Å². The molecule has 1 rings (SSSR count). The lowest BCUT2D eigenvalue weighted by Crippen LogP contribution is -1.97. The van der Waals surface area contributed by atoms with Crippen LogP contribution in [0.3, 0.4) is 0 Å². The Morgan fingerprint density at radius 1 is 1.08 bits per heavy atom. The highest BCUT2D eigenvalue weighted by Gasteiger charge is 2.05. The van der Waals surface area contributed by atoms with Crippen molar-refractivity contribution < 1.29 is 19.1 Å². The number of carbonyl (C=O) groups is 2. The fourth-order valence-corrected chi connectivity index (χ4v) is 0.744. The van der Waals surface area contributed by atoms with E-state index in [1.54, 1.807) is 0 Å². The number of halogens is 1. The van der Waals surface area contributed by atoms with E-state index in [4.69, 9.17) is 5.11 Å². The monoisotopic (exact) mass is 168 g/mol. The van der Waals surface area contributed by atoms with Gasteiger partial charge in [-0.05, 0) is 24.3 Å². The SMILES string of the molecule is O=C(O)c1ccc(C(=O)F)cc1. The molecule has 0 aromatic heterocycles. The van der Waals surface area contributed by atoms with Gasteiger partial charge in [-0.1, -0.05) is 0 Å². The van der Waals surface area contributed by atoms with Crippen molar-refractivity contribution in [2.24, 2.45) is 0 Å². The molecule has 0 saturated heterocycles. The Kier molecular flexibility index (Phi) is 2.19. The largest absolute Gasteiger partial charge is 0.478 e. The van der Waals surface area contributed by atoms with Crippen LogP contribution in [0.15, 0.2) is 24.3 Å². The predicted octanol–water partition coefficient (Wildman–Crippen LogP) is 1.49. The number of hydrogen-bond donors (Lipinski definition) is 1. The number of rotatable bonds is 2. The first-order valence-corrected chi connectivity index (χ1v) is 3.14. The van der Waals surface area contributed by atoms with E-state index in [9.17, 15) is 14.0 Å². The lowest BCUT2D eigenvalue weighted by Gasteiger charge is -1.93. The van der Waals surface area contributed by atoms with E-state index in [-0.39, 0.29) is 11.1 Å². The van der Waals surface area contributed by atoms with Crippen LogP contribution in [0.2, 0.25) is 0 Å². The van der Waals surface area contributed by atoms with Crippen molar-refractivity contribution in [2.45, 2.75) is 0 Å². The van der Waals surface area contributed by atoms with Crippen molar-refractivity contribution in [3.05, 3.63) is 35.4 Å². The molecule has 3 nitrogen and oxygen atoms in total. The van der Waals surface area contributed by atoms with Gasteiger partial charge in [-0.15, -0.1) is 0 Å². The fourth-order valence-electron chi connectivity index (χ4n) is 0.744. The molecule has 0 saturated carbocycles. The van der Waals surface area contributed by atoms with Gasteiger partial charge in [-0.25, -0.2) is 4.79 Å². The summed E-state index contributed by atoms with van der Waals surface area (Å²) in [5, 5.41) is 8.44. The maximum absolute atomic E-state index is 12.0. The molecule has 0 aliphatic heterocycles. The molecule has 1 aromatic carbocycles. The summed E-state index contributed by atoms with van der Waals surface area (Å²) in [6.45, 7) is 0. The van der Waals surface area contributed by atoms with Crippen LogP contribution in [0.4, 0.5) is 4.39 Å². The zero-order valence-corrected chi connectivity index (χ0v) is 5.95. The molecule has 1 aromatic rings. The molecule has 0 amide bonds. The minimum atomic E-state index is -1.56. The van der Waals surface area contributed by atoms with E-state index in [1.165, 1.54) is 12.1 Å². The second kappa shape index (κ2) is 3.13. The Bertz CT molecular complexity index is 283. The van der Waals surface area contributed by atoms with E-state index in [0.29, 0.717) is 0 Å². The van der Waals surface area contributed by atoms with Crippen LogP contribution in [0.25, 0.3) is 0 Å². The van der Waals surface area contributed by atoms with Gasteiger partial charge in [-0.2, -0.15) is 4.39 Å². The van der Waals surface area contributed by atoms with E-state index in [0.717, 1.165) is 12.1 Å². The van der Waals surface area contributed by atoms with Crippen LogP contribution in [0, 0.1) is 0 Å². The first-order chi connectivity index (χ1) is 5.61. The third kappa shape index (κ3) is 1.66. The Morgan fingerprint density at radius 2 is 1.50 bits per heavy atom. The summed E-state index contributed by atoms with van der Waals surface area (Å²) >= 11 is 0.